The van der Waals surface area contributed by atoms with Gasteiger partial charge in [0.15, 0.2) is 5.78 Å². The number of hydrogen-bond donors (Lipinski definition) is 1. The Kier molecular flexibility index (Phi) is 4.28. The van der Waals surface area contributed by atoms with Crippen molar-refractivity contribution in [3.8, 4) is 5.75 Å². The number of alkyl halides is 3. The van der Waals surface area contributed by atoms with Crippen molar-refractivity contribution in [1.82, 2.24) is 0 Å². The van der Waals surface area contributed by atoms with Crippen molar-refractivity contribution in [3.05, 3.63) is 68.2 Å². The molecule has 0 aliphatic carbocycles. The molecule has 2 aromatic carbocycles. The molecule has 0 aromatic heterocycles. The van der Waals surface area contributed by atoms with Crippen LogP contribution in [0, 0.1) is 10.1 Å². The molecule has 0 saturated heterocycles. The van der Waals surface area contributed by atoms with E-state index in [0.717, 1.165) is 24.3 Å². The first kappa shape index (κ1) is 16.8. The van der Waals surface area contributed by atoms with Gasteiger partial charge in [-0.3, -0.25) is 14.9 Å². The van der Waals surface area contributed by atoms with E-state index in [1.165, 1.54) is 6.07 Å². The number of benzene rings is 2. The van der Waals surface area contributed by atoms with E-state index in [-0.39, 0.29) is 0 Å². The molecule has 1 N–H and O–H groups in total. The second-order valence-electron chi connectivity index (χ2n) is 4.46. The molecule has 2 aromatic rings. The molecule has 0 spiro atoms. The molecule has 0 radical (unpaired) electrons. The van der Waals surface area contributed by atoms with Crippen molar-refractivity contribution in [1.29, 1.82) is 0 Å². The number of rotatable bonds is 3. The third-order valence-electron chi connectivity index (χ3n) is 2.98. The van der Waals surface area contributed by atoms with Crippen molar-refractivity contribution in [2.24, 2.45) is 0 Å². The fourth-order valence-electron chi connectivity index (χ4n) is 1.94. The first-order valence-electron chi connectivity index (χ1n) is 6.00. The zero-order valence-corrected chi connectivity index (χ0v) is 11.9. The number of nitrogens with zero attached hydrogens (tertiary/aromatic N) is 1. The molecule has 0 amide bonds. The highest BCUT2D eigenvalue weighted by atomic mass is 35.5. The lowest BCUT2D eigenvalue weighted by Crippen LogP contribution is -2.13. The molecule has 5 nitrogen and oxygen atoms in total. The van der Waals surface area contributed by atoms with Crippen LogP contribution in [0.15, 0.2) is 36.4 Å². The van der Waals surface area contributed by atoms with Crippen LogP contribution in [-0.4, -0.2) is 15.8 Å². The third kappa shape index (κ3) is 3.26. The highest BCUT2D eigenvalue weighted by molar-refractivity contribution is 6.33. The molecule has 2 rings (SSSR count). The van der Waals surface area contributed by atoms with Gasteiger partial charge in [0.05, 0.1) is 15.5 Å². The summed E-state index contributed by atoms with van der Waals surface area (Å²) in [7, 11) is 0. The van der Waals surface area contributed by atoms with E-state index < -0.39 is 50.0 Å². The Bertz CT molecular complexity index is 805. The lowest BCUT2D eigenvalue weighted by Gasteiger charge is -2.12. The predicted molar refractivity (Wildman–Crippen MR) is 74.6 cm³/mol. The van der Waals surface area contributed by atoms with Crippen LogP contribution >= 0.6 is 11.6 Å². The summed E-state index contributed by atoms with van der Waals surface area (Å²) >= 11 is 5.60. The number of carbonyl (C=O) groups is 1. The topological polar surface area (TPSA) is 80.4 Å². The largest absolute Gasteiger partial charge is 0.501 e. The van der Waals surface area contributed by atoms with E-state index in [9.17, 15) is 33.2 Å². The smallest absolute Gasteiger partial charge is 0.417 e. The van der Waals surface area contributed by atoms with Gasteiger partial charge in [-0.05, 0) is 12.1 Å². The number of phenolic OH excluding ortho intramolecular Hbond substituents is 1. The first-order valence-corrected chi connectivity index (χ1v) is 6.38. The van der Waals surface area contributed by atoms with Crippen molar-refractivity contribution >= 4 is 23.1 Å². The number of hydrogen-bond acceptors (Lipinski definition) is 4. The van der Waals surface area contributed by atoms with E-state index in [0.29, 0.717) is 6.07 Å². The maximum Gasteiger partial charge on any atom is 0.417 e. The van der Waals surface area contributed by atoms with Crippen LogP contribution in [0.3, 0.4) is 0 Å². The lowest BCUT2D eigenvalue weighted by atomic mass is 9.97. The number of nitro benzene ring substituents is 1. The summed E-state index contributed by atoms with van der Waals surface area (Å²) < 4.78 is 38.8. The molecule has 0 unspecified atom stereocenters. The lowest BCUT2D eigenvalue weighted by molar-refractivity contribution is -0.385. The number of carbonyl (C=O) groups excluding carboxylic acids is 1. The minimum atomic E-state index is -4.76. The molecule has 23 heavy (non-hydrogen) atoms. The second-order valence-corrected chi connectivity index (χ2v) is 4.86. The van der Waals surface area contributed by atoms with Crippen molar-refractivity contribution in [2.75, 3.05) is 0 Å². The van der Waals surface area contributed by atoms with Gasteiger partial charge in [-0.15, -0.1) is 0 Å². The van der Waals surface area contributed by atoms with Crippen LogP contribution < -0.4 is 0 Å². The SMILES string of the molecule is O=C(c1cc(Cl)c(O)c([N+](=O)[O-])c1)c1ccccc1C(F)(F)F. The van der Waals surface area contributed by atoms with Crippen molar-refractivity contribution in [2.45, 2.75) is 6.18 Å². The van der Waals surface area contributed by atoms with Crippen LogP contribution in [0.2, 0.25) is 5.02 Å². The molecule has 0 fully saturated rings. The van der Waals surface area contributed by atoms with E-state index >= 15 is 0 Å². The highest BCUT2D eigenvalue weighted by Crippen LogP contribution is 2.37. The summed E-state index contributed by atoms with van der Waals surface area (Å²) in [6.45, 7) is 0. The van der Waals surface area contributed by atoms with Gasteiger partial charge in [0.25, 0.3) is 0 Å². The van der Waals surface area contributed by atoms with Crippen LogP contribution in [-0.2, 0) is 6.18 Å². The summed E-state index contributed by atoms with van der Waals surface area (Å²) in [5.41, 5.74) is -3.14. The number of phenols is 1. The number of nitro groups is 1. The molecule has 0 heterocycles. The summed E-state index contributed by atoms with van der Waals surface area (Å²) in [5, 5.41) is 19.8. The Morgan fingerprint density at radius 1 is 1.22 bits per heavy atom. The second kappa shape index (κ2) is 5.88. The number of halogens is 4. The molecule has 0 atom stereocenters. The van der Waals surface area contributed by atoms with Crippen LogP contribution in [0.4, 0.5) is 18.9 Å². The van der Waals surface area contributed by atoms with Gasteiger partial charge in [-0.25, -0.2) is 0 Å². The zero-order valence-electron chi connectivity index (χ0n) is 11.1. The standard InChI is InChI=1S/C14H7ClF3NO4/c15-10-5-7(6-11(13(10)21)19(22)23)12(20)8-3-1-2-4-9(8)14(16,17)18/h1-6,21H. The van der Waals surface area contributed by atoms with Gasteiger partial charge < -0.3 is 5.11 Å². The maximum absolute atomic E-state index is 12.9. The molecular formula is C14H7ClF3NO4. The normalized spacial score (nSPS) is 11.3. The molecule has 9 heteroatoms. The van der Waals surface area contributed by atoms with Gasteiger partial charge in [-0.2, -0.15) is 13.2 Å². The van der Waals surface area contributed by atoms with Crippen molar-refractivity contribution in [3.63, 3.8) is 0 Å². The molecule has 120 valence electrons. The molecule has 0 saturated carbocycles. The van der Waals surface area contributed by atoms with Gasteiger partial charge in [0.2, 0.25) is 5.75 Å². The number of aromatic hydroxyl groups is 1. The Labute approximate surface area is 132 Å². The summed E-state index contributed by atoms with van der Waals surface area (Å²) in [6.07, 6.45) is -4.76. The van der Waals surface area contributed by atoms with E-state index in [1.807, 2.05) is 0 Å². The van der Waals surface area contributed by atoms with Gasteiger partial charge in [0.1, 0.15) is 0 Å². The number of ketones is 1. The fourth-order valence-corrected chi connectivity index (χ4v) is 2.15. The van der Waals surface area contributed by atoms with E-state index in [1.54, 1.807) is 0 Å². The van der Waals surface area contributed by atoms with Gasteiger partial charge in [-0.1, -0.05) is 29.8 Å². The molecular weight excluding hydrogens is 339 g/mol. The maximum atomic E-state index is 12.9. The van der Waals surface area contributed by atoms with Crippen LogP contribution in [0.25, 0.3) is 0 Å². The average Bonchev–Trinajstić information content (AvgIpc) is 2.48. The zero-order chi connectivity index (χ0) is 17.4. The van der Waals surface area contributed by atoms with Crippen molar-refractivity contribution < 1.29 is 28.0 Å². The summed E-state index contributed by atoms with van der Waals surface area (Å²) in [4.78, 5) is 22.1. The molecule has 0 aliphatic heterocycles. The van der Waals surface area contributed by atoms with Crippen LogP contribution in [0.1, 0.15) is 21.5 Å². The average molecular weight is 346 g/mol. The Morgan fingerprint density at radius 2 is 1.83 bits per heavy atom. The Balaban J connectivity index is 2.61. The monoisotopic (exact) mass is 345 g/mol. The summed E-state index contributed by atoms with van der Waals surface area (Å²) in [5.74, 6) is -1.96. The highest BCUT2D eigenvalue weighted by Gasteiger charge is 2.35. The molecule has 0 bridgehead atoms. The fraction of sp³-hybridized carbons (Fsp3) is 0.0714. The quantitative estimate of drug-likeness (QED) is 0.513. The predicted octanol–water partition coefficient (Wildman–Crippen LogP) is 4.20. The first-order chi connectivity index (χ1) is 10.6. The van der Waals surface area contributed by atoms with E-state index in [4.69, 9.17) is 11.6 Å². The molecule has 0 aliphatic rings. The third-order valence-corrected chi connectivity index (χ3v) is 3.27. The van der Waals surface area contributed by atoms with Gasteiger partial charge >= 0.3 is 11.9 Å². The van der Waals surface area contributed by atoms with Crippen LogP contribution in [0.5, 0.6) is 5.75 Å². The van der Waals surface area contributed by atoms with E-state index in [2.05, 4.69) is 0 Å². The minimum Gasteiger partial charge on any atom is -0.501 e. The van der Waals surface area contributed by atoms with Gasteiger partial charge in [0, 0.05) is 17.2 Å². The Morgan fingerprint density at radius 3 is 2.39 bits per heavy atom. The Hall–Kier alpha value is -2.61. The minimum absolute atomic E-state index is 0.434. The summed E-state index contributed by atoms with van der Waals surface area (Å²) in [6, 6.07) is 5.59.